The van der Waals surface area contributed by atoms with Gasteiger partial charge in [0.1, 0.15) is 0 Å². The molecule has 0 heterocycles. The zero-order valence-corrected chi connectivity index (χ0v) is 6.65. The van der Waals surface area contributed by atoms with E-state index in [1.54, 1.807) is 0 Å². The van der Waals surface area contributed by atoms with Gasteiger partial charge in [0.25, 0.3) is 0 Å². The van der Waals surface area contributed by atoms with Gasteiger partial charge in [-0.3, -0.25) is 0 Å². The van der Waals surface area contributed by atoms with Crippen LogP contribution in [0.1, 0.15) is 33.6 Å². The summed E-state index contributed by atoms with van der Waals surface area (Å²) in [6, 6.07) is 0.269. The van der Waals surface area contributed by atoms with Gasteiger partial charge in [0.05, 0.1) is 0 Å². The third kappa shape index (κ3) is 5.80. The number of hydrogen-bond donors (Lipinski definition) is 2. The number of nitrogens with two attached hydrogens (primary N) is 2. The van der Waals surface area contributed by atoms with Crippen molar-refractivity contribution < 1.29 is 0 Å². The Bertz CT molecular complexity index is 73.5. The fourth-order valence-corrected chi connectivity index (χ4v) is 0.820. The van der Waals surface area contributed by atoms with E-state index in [0.717, 1.165) is 12.8 Å². The lowest BCUT2D eigenvalue weighted by Crippen LogP contribution is -2.39. The summed E-state index contributed by atoms with van der Waals surface area (Å²) >= 11 is 0. The second kappa shape index (κ2) is 3.18. The van der Waals surface area contributed by atoms with Crippen LogP contribution >= 0.6 is 0 Å². The molecule has 0 spiro atoms. The van der Waals surface area contributed by atoms with Crippen molar-refractivity contribution in [1.82, 2.24) is 0 Å². The second-order valence-electron chi connectivity index (χ2n) is 3.36. The highest BCUT2D eigenvalue weighted by atomic mass is 14.7. The fraction of sp³-hybridized carbons (Fsp3) is 1.00. The average molecular weight is 130 g/mol. The van der Waals surface area contributed by atoms with Crippen LogP contribution in [0.25, 0.3) is 0 Å². The van der Waals surface area contributed by atoms with Gasteiger partial charge in [-0.1, -0.05) is 6.92 Å². The highest BCUT2D eigenvalue weighted by Crippen LogP contribution is 2.07. The summed E-state index contributed by atoms with van der Waals surface area (Å²) in [5.74, 6) is 0. The summed E-state index contributed by atoms with van der Waals surface area (Å²) in [4.78, 5) is 0. The third-order valence-electron chi connectivity index (χ3n) is 1.31. The van der Waals surface area contributed by atoms with Crippen LogP contribution in [-0.4, -0.2) is 11.6 Å². The molecule has 0 aliphatic heterocycles. The van der Waals surface area contributed by atoms with Gasteiger partial charge < -0.3 is 11.5 Å². The average Bonchev–Trinajstić information content (AvgIpc) is 1.62. The van der Waals surface area contributed by atoms with Crippen LogP contribution in [-0.2, 0) is 0 Å². The van der Waals surface area contributed by atoms with Crippen molar-refractivity contribution >= 4 is 0 Å². The zero-order chi connectivity index (χ0) is 7.49. The molecule has 2 heteroatoms. The van der Waals surface area contributed by atoms with Crippen LogP contribution in [0.4, 0.5) is 0 Å². The smallest absolute Gasteiger partial charge is 0.0112 e. The van der Waals surface area contributed by atoms with Gasteiger partial charge in [-0.15, -0.1) is 0 Å². The van der Waals surface area contributed by atoms with Crippen LogP contribution < -0.4 is 11.5 Å². The highest BCUT2D eigenvalue weighted by molar-refractivity contribution is 4.77. The molecule has 0 bridgehead atoms. The first-order valence-corrected chi connectivity index (χ1v) is 3.50. The summed E-state index contributed by atoms with van der Waals surface area (Å²) in [6.07, 6.45) is 1.92. The van der Waals surface area contributed by atoms with E-state index >= 15 is 0 Å². The van der Waals surface area contributed by atoms with E-state index < -0.39 is 0 Å². The van der Waals surface area contributed by atoms with E-state index in [9.17, 15) is 0 Å². The molecular formula is C7H18N2. The molecule has 0 aromatic carbocycles. The van der Waals surface area contributed by atoms with E-state index in [1.165, 1.54) is 0 Å². The molecule has 4 N–H and O–H groups in total. The van der Waals surface area contributed by atoms with Crippen LogP contribution in [0.2, 0.25) is 0 Å². The summed E-state index contributed by atoms with van der Waals surface area (Å²) < 4.78 is 0. The molecule has 0 saturated carbocycles. The molecule has 9 heavy (non-hydrogen) atoms. The Kier molecular flexibility index (Phi) is 3.15. The molecule has 0 radical (unpaired) electrons. The Morgan fingerprint density at radius 3 is 2.00 bits per heavy atom. The van der Waals surface area contributed by atoms with Crippen LogP contribution in [0.5, 0.6) is 0 Å². The summed E-state index contributed by atoms with van der Waals surface area (Å²) in [6.45, 7) is 6.08. The maximum Gasteiger partial charge on any atom is 0.0112 e. The quantitative estimate of drug-likeness (QED) is 0.595. The monoisotopic (exact) mass is 130 g/mol. The predicted octanol–water partition coefficient (Wildman–Crippen LogP) is 0.851. The SMILES string of the molecule is CCC(N)CC(C)(C)N. The Labute approximate surface area is 57.6 Å². The molecule has 0 aliphatic rings. The van der Waals surface area contributed by atoms with Gasteiger partial charge in [-0.05, 0) is 26.7 Å². The number of rotatable bonds is 3. The predicted molar refractivity (Wildman–Crippen MR) is 41.1 cm³/mol. The van der Waals surface area contributed by atoms with Crippen LogP contribution in [0.15, 0.2) is 0 Å². The minimum absolute atomic E-state index is 0.102. The molecule has 0 aromatic rings. The lowest BCUT2D eigenvalue weighted by atomic mass is 9.96. The first-order chi connectivity index (χ1) is 3.95. The number of hydrogen-bond acceptors (Lipinski definition) is 2. The molecule has 2 nitrogen and oxygen atoms in total. The molecule has 0 rings (SSSR count). The maximum atomic E-state index is 5.73. The van der Waals surface area contributed by atoms with Gasteiger partial charge in [0.15, 0.2) is 0 Å². The lowest BCUT2D eigenvalue weighted by Gasteiger charge is -2.21. The molecular weight excluding hydrogens is 112 g/mol. The topological polar surface area (TPSA) is 52.0 Å². The van der Waals surface area contributed by atoms with Crippen molar-refractivity contribution in [2.75, 3.05) is 0 Å². The van der Waals surface area contributed by atoms with Gasteiger partial charge >= 0.3 is 0 Å². The highest BCUT2D eigenvalue weighted by Gasteiger charge is 2.13. The van der Waals surface area contributed by atoms with Gasteiger partial charge in [-0.25, -0.2) is 0 Å². The van der Waals surface area contributed by atoms with Crippen molar-refractivity contribution in [2.45, 2.75) is 45.2 Å². The molecule has 0 saturated heterocycles. The Balaban J connectivity index is 3.47. The fourth-order valence-electron chi connectivity index (χ4n) is 0.820. The molecule has 0 aromatic heterocycles. The second-order valence-corrected chi connectivity index (χ2v) is 3.36. The molecule has 0 aliphatic carbocycles. The largest absolute Gasteiger partial charge is 0.328 e. The summed E-state index contributed by atoms with van der Waals surface area (Å²) in [7, 11) is 0. The molecule has 1 unspecified atom stereocenters. The van der Waals surface area contributed by atoms with Crippen LogP contribution in [0.3, 0.4) is 0 Å². The van der Waals surface area contributed by atoms with Gasteiger partial charge in [-0.2, -0.15) is 0 Å². The summed E-state index contributed by atoms with van der Waals surface area (Å²) in [5, 5.41) is 0. The lowest BCUT2D eigenvalue weighted by molar-refractivity contribution is 0.416. The molecule has 1 atom stereocenters. The van der Waals surface area contributed by atoms with Crippen molar-refractivity contribution in [2.24, 2.45) is 11.5 Å². The first-order valence-electron chi connectivity index (χ1n) is 3.50. The van der Waals surface area contributed by atoms with Crippen molar-refractivity contribution in [3.63, 3.8) is 0 Å². The minimum Gasteiger partial charge on any atom is -0.328 e. The Morgan fingerprint density at radius 2 is 1.89 bits per heavy atom. The van der Waals surface area contributed by atoms with Crippen LogP contribution in [0, 0.1) is 0 Å². The van der Waals surface area contributed by atoms with E-state index in [-0.39, 0.29) is 11.6 Å². The molecule has 0 fully saturated rings. The first kappa shape index (κ1) is 8.92. The van der Waals surface area contributed by atoms with Gasteiger partial charge in [0, 0.05) is 11.6 Å². The van der Waals surface area contributed by atoms with E-state index in [1.807, 2.05) is 13.8 Å². The minimum atomic E-state index is -0.102. The maximum absolute atomic E-state index is 5.73. The van der Waals surface area contributed by atoms with E-state index in [2.05, 4.69) is 6.92 Å². The molecule has 0 amide bonds. The Morgan fingerprint density at radius 1 is 1.44 bits per heavy atom. The van der Waals surface area contributed by atoms with E-state index in [4.69, 9.17) is 11.5 Å². The van der Waals surface area contributed by atoms with E-state index in [0.29, 0.717) is 0 Å². The molecule has 56 valence electrons. The van der Waals surface area contributed by atoms with Gasteiger partial charge in [0.2, 0.25) is 0 Å². The van der Waals surface area contributed by atoms with Crippen molar-refractivity contribution in [3.05, 3.63) is 0 Å². The third-order valence-corrected chi connectivity index (χ3v) is 1.31. The van der Waals surface area contributed by atoms with Crippen molar-refractivity contribution in [1.29, 1.82) is 0 Å². The Hall–Kier alpha value is -0.0800. The normalized spacial score (nSPS) is 15.7. The van der Waals surface area contributed by atoms with Crippen molar-refractivity contribution in [3.8, 4) is 0 Å². The zero-order valence-electron chi connectivity index (χ0n) is 6.65. The summed E-state index contributed by atoms with van der Waals surface area (Å²) in [5.41, 5.74) is 11.3. The standard InChI is InChI=1S/C7H18N2/c1-4-6(8)5-7(2,3)9/h6H,4-5,8-9H2,1-3H3.